The molecule has 0 unspecified atom stereocenters. The third-order valence-corrected chi connectivity index (χ3v) is 5.71. The fraction of sp³-hybridized carbons (Fsp3) is 0.412. The predicted molar refractivity (Wildman–Crippen MR) is 98.9 cm³/mol. The third kappa shape index (κ3) is 5.16. The lowest BCUT2D eigenvalue weighted by atomic mass is 10.1. The zero-order valence-electron chi connectivity index (χ0n) is 15.7. The number of hydrogen-bond donors (Lipinski definition) is 3. The molecule has 1 aromatic heterocycles. The Morgan fingerprint density at radius 1 is 1.27 bits per heavy atom. The molecule has 1 aliphatic rings. The van der Waals surface area contributed by atoms with Crippen LogP contribution in [0.3, 0.4) is 0 Å². The van der Waals surface area contributed by atoms with Crippen molar-refractivity contribution in [2.24, 2.45) is 0 Å². The van der Waals surface area contributed by atoms with Gasteiger partial charge in [0.05, 0.1) is 18.1 Å². The molecule has 2 atom stereocenters. The number of nitrogens with one attached hydrogen (secondary N) is 2. The Kier molecular flexibility index (Phi) is 6.45. The van der Waals surface area contributed by atoms with Crippen molar-refractivity contribution in [2.75, 3.05) is 25.6 Å². The Morgan fingerprint density at radius 2 is 1.97 bits per heavy atom. The minimum Gasteiger partial charge on any atom is -0.471 e. The Balaban J connectivity index is 1.85. The molecule has 3 rings (SSSR count). The molecule has 0 saturated carbocycles. The van der Waals surface area contributed by atoms with Crippen molar-refractivity contribution in [3.05, 3.63) is 36.0 Å². The van der Waals surface area contributed by atoms with Crippen LogP contribution in [0.25, 0.3) is 0 Å². The second-order valence-corrected chi connectivity index (χ2v) is 8.24. The molecule has 0 aliphatic carbocycles. The number of sulfonamides is 1. The van der Waals surface area contributed by atoms with Gasteiger partial charge in [0.25, 0.3) is 0 Å². The van der Waals surface area contributed by atoms with E-state index < -0.39 is 39.9 Å². The summed E-state index contributed by atoms with van der Waals surface area (Å²) in [6.07, 6.45) is -5.97. The van der Waals surface area contributed by atoms with Crippen molar-refractivity contribution in [3.63, 3.8) is 0 Å². The molecule has 0 spiro atoms. The lowest BCUT2D eigenvalue weighted by Crippen LogP contribution is -2.41. The van der Waals surface area contributed by atoms with Crippen molar-refractivity contribution in [1.82, 2.24) is 14.7 Å². The molecule has 3 N–H and O–H groups in total. The molecule has 164 valence electrons. The summed E-state index contributed by atoms with van der Waals surface area (Å²) in [4.78, 5) is 7.48. The van der Waals surface area contributed by atoms with Crippen LogP contribution in [0, 0.1) is 0 Å². The van der Waals surface area contributed by atoms with Gasteiger partial charge in [-0.25, -0.2) is 18.1 Å². The molecule has 13 heteroatoms. The summed E-state index contributed by atoms with van der Waals surface area (Å²) in [5, 5.41) is 12.6. The highest BCUT2D eigenvalue weighted by Crippen LogP contribution is 2.36. The number of ether oxygens (including phenoxy) is 2. The summed E-state index contributed by atoms with van der Waals surface area (Å²) in [5.74, 6) is -0.913. The molecule has 9 nitrogen and oxygen atoms in total. The van der Waals surface area contributed by atoms with Crippen LogP contribution in [0.15, 0.2) is 35.4 Å². The second kappa shape index (κ2) is 8.71. The van der Waals surface area contributed by atoms with E-state index in [1.165, 1.54) is 31.3 Å². The van der Waals surface area contributed by atoms with Crippen molar-refractivity contribution in [3.8, 4) is 5.88 Å². The summed E-state index contributed by atoms with van der Waals surface area (Å²) in [6, 6.07) is 5.45. The lowest BCUT2D eigenvalue weighted by molar-refractivity contribution is -0.141. The van der Waals surface area contributed by atoms with Gasteiger partial charge in [-0.15, -0.1) is 0 Å². The molecule has 2 heterocycles. The van der Waals surface area contributed by atoms with E-state index in [9.17, 15) is 26.7 Å². The molecule has 30 heavy (non-hydrogen) atoms. The molecule has 1 aliphatic heterocycles. The zero-order chi connectivity index (χ0) is 21.9. The maximum absolute atomic E-state index is 13.3. The largest absolute Gasteiger partial charge is 0.471 e. The van der Waals surface area contributed by atoms with Gasteiger partial charge < -0.3 is 19.9 Å². The molecule has 1 saturated heterocycles. The number of aliphatic hydroxyl groups excluding tert-OH is 1. The first-order valence-electron chi connectivity index (χ1n) is 8.77. The van der Waals surface area contributed by atoms with Gasteiger partial charge in [-0.05, 0) is 31.3 Å². The van der Waals surface area contributed by atoms with E-state index in [2.05, 4.69) is 20.0 Å². The number of rotatable bonds is 6. The molecule has 0 amide bonds. The second-order valence-electron chi connectivity index (χ2n) is 6.35. The maximum Gasteiger partial charge on any atom is 0.423 e. The SMILES string of the molecule is CNS(=O)(=O)c1ccc(Nc2ncc(C(F)(F)F)c(O[C@@H]3CCOC[C@@H]3O)n2)cc1. The van der Waals surface area contributed by atoms with E-state index in [0.717, 1.165) is 0 Å². The monoisotopic (exact) mass is 448 g/mol. The molecule has 0 radical (unpaired) electrons. The van der Waals surface area contributed by atoms with E-state index in [1.807, 2.05) is 0 Å². The number of alkyl halides is 3. The summed E-state index contributed by atoms with van der Waals surface area (Å²) >= 11 is 0. The topological polar surface area (TPSA) is 123 Å². The number of aromatic nitrogens is 2. The van der Waals surface area contributed by atoms with Crippen molar-refractivity contribution >= 4 is 21.7 Å². The molecule has 0 bridgehead atoms. The zero-order valence-corrected chi connectivity index (χ0v) is 16.5. The van der Waals surface area contributed by atoms with Crippen LogP contribution < -0.4 is 14.8 Å². The Hall–Kier alpha value is -2.48. The minimum atomic E-state index is -4.76. The summed E-state index contributed by atoms with van der Waals surface area (Å²) in [6.45, 7) is 0.186. The van der Waals surface area contributed by atoms with Gasteiger partial charge in [-0.3, -0.25) is 0 Å². The van der Waals surface area contributed by atoms with Crippen molar-refractivity contribution in [1.29, 1.82) is 0 Å². The molecule has 1 fully saturated rings. The quantitative estimate of drug-likeness (QED) is 0.610. The maximum atomic E-state index is 13.3. The third-order valence-electron chi connectivity index (χ3n) is 4.28. The number of aliphatic hydroxyl groups is 1. The fourth-order valence-electron chi connectivity index (χ4n) is 2.66. The minimum absolute atomic E-state index is 0.0152. The van der Waals surface area contributed by atoms with Crippen molar-refractivity contribution in [2.45, 2.75) is 29.7 Å². The Morgan fingerprint density at radius 3 is 2.57 bits per heavy atom. The van der Waals surface area contributed by atoms with Crippen LogP contribution in [-0.4, -0.2) is 56.0 Å². The molecular weight excluding hydrogens is 429 g/mol. The fourth-order valence-corrected chi connectivity index (χ4v) is 3.39. The number of benzene rings is 1. The van der Waals surface area contributed by atoms with Gasteiger partial charge in [0.2, 0.25) is 21.9 Å². The van der Waals surface area contributed by atoms with Crippen LogP contribution in [0.1, 0.15) is 12.0 Å². The summed E-state index contributed by atoms with van der Waals surface area (Å²) in [5.41, 5.74) is -0.830. The summed E-state index contributed by atoms with van der Waals surface area (Å²) in [7, 11) is -2.35. The first-order chi connectivity index (χ1) is 14.1. The Labute approximate surface area is 170 Å². The standard InChI is InChI=1S/C17H19F3N4O5S/c1-21-30(26,27)11-4-2-10(3-5-11)23-16-22-8-12(17(18,19)20)15(24-16)29-14-6-7-28-9-13(14)25/h2-5,8,13-14,21,25H,6-7,9H2,1H3,(H,22,23,24)/t13-,14+/m0/s1. The molecule has 2 aromatic rings. The average molecular weight is 448 g/mol. The predicted octanol–water partition coefficient (Wildman–Crippen LogP) is 1.68. The first kappa shape index (κ1) is 22.2. The highest BCUT2D eigenvalue weighted by molar-refractivity contribution is 7.89. The first-order valence-corrected chi connectivity index (χ1v) is 10.3. The normalized spacial score (nSPS) is 20.0. The van der Waals surface area contributed by atoms with E-state index >= 15 is 0 Å². The van der Waals surface area contributed by atoms with Crippen LogP contribution in [0.5, 0.6) is 5.88 Å². The van der Waals surface area contributed by atoms with Gasteiger partial charge in [-0.2, -0.15) is 18.2 Å². The van der Waals surface area contributed by atoms with Gasteiger partial charge in [0.15, 0.2) is 0 Å². The van der Waals surface area contributed by atoms with Crippen LogP contribution in [0.2, 0.25) is 0 Å². The van der Waals surface area contributed by atoms with E-state index in [4.69, 9.17) is 9.47 Å². The average Bonchev–Trinajstić information content (AvgIpc) is 2.69. The van der Waals surface area contributed by atoms with Gasteiger partial charge >= 0.3 is 6.18 Å². The van der Waals surface area contributed by atoms with E-state index in [1.54, 1.807) is 0 Å². The van der Waals surface area contributed by atoms with E-state index in [0.29, 0.717) is 11.9 Å². The Bertz CT molecular complexity index is 986. The number of hydrogen-bond acceptors (Lipinski definition) is 8. The van der Waals surface area contributed by atoms with E-state index in [-0.39, 0.29) is 30.5 Å². The van der Waals surface area contributed by atoms with Crippen LogP contribution in [-0.2, 0) is 20.9 Å². The van der Waals surface area contributed by atoms with Crippen LogP contribution >= 0.6 is 0 Å². The number of halogens is 3. The highest BCUT2D eigenvalue weighted by atomic mass is 32.2. The van der Waals surface area contributed by atoms with Gasteiger partial charge in [0, 0.05) is 18.3 Å². The van der Waals surface area contributed by atoms with Crippen molar-refractivity contribution < 1.29 is 36.2 Å². The molecular formula is C17H19F3N4O5S. The number of anilines is 2. The number of nitrogens with zero attached hydrogens (tertiary/aromatic N) is 2. The lowest BCUT2D eigenvalue weighted by Gasteiger charge is -2.28. The highest BCUT2D eigenvalue weighted by Gasteiger charge is 2.38. The molecule has 1 aromatic carbocycles. The van der Waals surface area contributed by atoms with Gasteiger partial charge in [0.1, 0.15) is 17.8 Å². The van der Waals surface area contributed by atoms with Gasteiger partial charge in [-0.1, -0.05) is 0 Å². The van der Waals surface area contributed by atoms with Crippen LogP contribution in [0.4, 0.5) is 24.8 Å². The smallest absolute Gasteiger partial charge is 0.423 e. The summed E-state index contributed by atoms with van der Waals surface area (Å²) < 4.78 is 76.0.